The van der Waals surface area contributed by atoms with Gasteiger partial charge in [0.15, 0.2) is 5.96 Å². The van der Waals surface area contributed by atoms with Crippen LogP contribution >= 0.6 is 0 Å². The number of nitrogens with zero attached hydrogens (tertiary/aromatic N) is 3. The molecule has 0 aliphatic rings. The summed E-state index contributed by atoms with van der Waals surface area (Å²) in [6.07, 6.45) is 5.01. The fourth-order valence-corrected chi connectivity index (χ4v) is 2.21. The number of hydrogen-bond donors (Lipinski definition) is 2. The van der Waals surface area contributed by atoms with Gasteiger partial charge in [-0.2, -0.15) is 0 Å². The molecule has 0 amide bonds. The van der Waals surface area contributed by atoms with Crippen LogP contribution in [0.15, 0.2) is 29.5 Å². The van der Waals surface area contributed by atoms with Gasteiger partial charge in [-0.05, 0) is 31.4 Å². The van der Waals surface area contributed by atoms with Gasteiger partial charge in [-0.3, -0.25) is 4.99 Å². The van der Waals surface area contributed by atoms with E-state index in [0.717, 1.165) is 30.3 Å². The molecule has 0 aromatic carbocycles. The van der Waals surface area contributed by atoms with E-state index < -0.39 is 0 Å². The van der Waals surface area contributed by atoms with Crippen LogP contribution in [0.5, 0.6) is 0 Å². The molecule has 2 aromatic rings. The van der Waals surface area contributed by atoms with E-state index >= 15 is 0 Å². The maximum Gasteiger partial charge on any atom is 0.191 e. The minimum Gasteiger partial charge on any atom is -0.356 e. The number of imidazole rings is 1. The molecule has 2 N–H and O–H groups in total. The van der Waals surface area contributed by atoms with Gasteiger partial charge in [0.25, 0.3) is 0 Å². The fraction of sp³-hybridized carbons (Fsp3) is 0.529. The Hall–Kier alpha value is -2.04. The molecule has 2 rings (SSSR count). The summed E-state index contributed by atoms with van der Waals surface area (Å²) in [6, 6.07) is 4.53. The average Bonchev–Trinajstić information content (AvgIpc) is 2.90. The monoisotopic (exact) mass is 301 g/mol. The van der Waals surface area contributed by atoms with E-state index in [9.17, 15) is 0 Å². The Morgan fingerprint density at radius 3 is 2.77 bits per heavy atom. The van der Waals surface area contributed by atoms with Crippen molar-refractivity contribution in [3.63, 3.8) is 0 Å². The van der Waals surface area contributed by atoms with Gasteiger partial charge >= 0.3 is 0 Å². The number of guanidine groups is 1. The lowest BCUT2D eigenvalue weighted by Gasteiger charge is -2.20. The van der Waals surface area contributed by atoms with Crippen molar-refractivity contribution in [1.29, 1.82) is 0 Å². The van der Waals surface area contributed by atoms with Crippen molar-refractivity contribution in [2.24, 2.45) is 10.9 Å². The Balaban J connectivity index is 1.90. The van der Waals surface area contributed by atoms with E-state index in [0.29, 0.717) is 12.0 Å². The molecule has 0 fully saturated rings. The first-order valence-electron chi connectivity index (χ1n) is 7.91. The second-order valence-corrected chi connectivity index (χ2v) is 6.08. The second kappa shape index (κ2) is 7.29. The lowest BCUT2D eigenvalue weighted by molar-refractivity contribution is 0.481. The molecule has 0 radical (unpaired) electrons. The first-order valence-corrected chi connectivity index (χ1v) is 7.91. The standard InChI is InChI=1S/C17H27N5/c1-12(2)14(4)20-17(18-5)19-9-8-15-11-22-10-6-7-13(3)16(22)21-15/h6-7,10-12,14H,8-9H2,1-5H3,(H2,18,19,20). The summed E-state index contributed by atoms with van der Waals surface area (Å²) in [5.74, 6) is 1.42. The fourth-order valence-electron chi connectivity index (χ4n) is 2.21. The molecule has 0 spiro atoms. The molecule has 5 nitrogen and oxygen atoms in total. The summed E-state index contributed by atoms with van der Waals surface area (Å²) < 4.78 is 2.08. The molecule has 0 aliphatic heterocycles. The van der Waals surface area contributed by atoms with Gasteiger partial charge in [-0.1, -0.05) is 19.9 Å². The molecule has 22 heavy (non-hydrogen) atoms. The Kier molecular flexibility index (Phi) is 5.41. The number of aromatic nitrogens is 2. The largest absolute Gasteiger partial charge is 0.356 e. The summed E-state index contributed by atoms with van der Waals surface area (Å²) >= 11 is 0. The average molecular weight is 301 g/mol. The van der Waals surface area contributed by atoms with E-state index in [1.54, 1.807) is 7.05 Å². The van der Waals surface area contributed by atoms with Crippen LogP contribution in [-0.2, 0) is 6.42 Å². The van der Waals surface area contributed by atoms with Crippen LogP contribution < -0.4 is 10.6 Å². The molecule has 0 saturated heterocycles. The molecular formula is C17H27N5. The third-order valence-electron chi connectivity index (χ3n) is 3.99. The van der Waals surface area contributed by atoms with Gasteiger partial charge in [-0.25, -0.2) is 4.98 Å². The van der Waals surface area contributed by atoms with Crippen molar-refractivity contribution in [3.8, 4) is 0 Å². The maximum atomic E-state index is 4.69. The van der Waals surface area contributed by atoms with Crippen molar-refractivity contribution in [3.05, 3.63) is 35.8 Å². The summed E-state index contributed by atoms with van der Waals surface area (Å²) in [5.41, 5.74) is 3.33. The summed E-state index contributed by atoms with van der Waals surface area (Å²) in [5, 5.41) is 6.75. The van der Waals surface area contributed by atoms with Crippen molar-refractivity contribution < 1.29 is 0 Å². The lowest BCUT2D eigenvalue weighted by Crippen LogP contribution is -2.44. The normalized spacial score (nSPS) is 13.6. The lowest BCUT2D eigenvalue weighted by atomic mass is 10.1. The first kappa shape index (κ1) is 16.3. The van der Waals surface area contributed by atoms with Crippen LogP contribution in [0.1, 0.15) is 32.0 Å². The van der Waals surface area contributed by atoms with Gasteiger partial charge in [0, 0.05) is 38.4 Å². The number of rotatable bonds is 5. The Morgan fingerprint density at radius 1 is 1.36 bits per heavy atom. The van der Waals surface area contributed by atoms with E-state index in [1.807, 2.05) is 12.3 Å². The van der Waals surface area contributed by atoms with Crippen molar-refractivity contribution in [1.82, 2.24) is 20.0 Å². The summed E-state index contributed by atoms with van der Waals surface area (Å²) in [7, 11) is 1.80. The highest BCUT2D eigenvalue weighted by Gasteiger charge is 2.09. The van der Waals surface area contributed by atoms with Gasteiger partial charge < -0.3 is 15.0 Å². The molecule has 120 valence electrons. The van der Waals surface area contributed by atoms with Gasteiger partial charge in [-0.15, -0.1) is 0 Å². The van der Waals surface area contributed by atoms with Crippen LogP contribution in [0, 0.1) is 12.8 Å². The van der Waals surface area contributed by atoms with Gasteiger partial charge in [0.1, 0.15) is 5.65 Å². The second-order valence-electron chi connectivity index (χ2n) is 6.08. The highest BCUT2D eigenvalue weighted by Crippen LogP contribution is 2.10. The number of pyridine rings is 1. The molecule has 2 aromatic heterocycles. The zero-order valence-corrected chi connectivity index (χ0v) is 14.2. The van der Waals surface area contributed by atoms with Crippen LogP contribution in [0.4, 0.5) is 0 Å². The summed E-state index contributed by atoms with van der Waals surface area (Å²) in [6.45, 7) is 9.47. The van der Waals surface area contributed by atoms with Crippen molar-refractivity contribution >= 4 is 11.6 Å². The van der Waals surface area contributed by atoms with Crippen molar-refractivity contribution in [2.75, 3.05) is 13.6 Å². The number of fused-ring (bicyclic) bond motifs is 1. The maximum absolute atomic E-state index is 4.69. The zero-order valence-electron chi connectivity index (χ0n) is 14.2. The number of hydrogen-bond acceptors (Lipinski definition) is 2. The zero-order chi connectivity index (χ0) is 16.1. The molecular weight excluding hydrogens is 274 g/mol. The van der Waals surface area contributed by atoms with E-state index in [1.165, 1.54) is 5.56 Å². The first-order chi connectivity index (χ1) is 10.5. The molecule has 0 saturated carbocycles. The van der Waals surface area contributed by atoms with E-state index in [4.69, 9.17) is 0 Å². The van der Waals surface area contributed by atoms with E-state index in [-0.39, 0.29) is 0 Å². The summed E-state index contributed by atoms with van der Waals surface area (Å²) in [4.78, 5) is 8.95. The molecule has 0 bridgehead atoms. The quantitative estimate of drug-likeness (QED) is 0.658. The van der Waals surface area contributed by atoms with Gasteiger partial charge in [0.05, 0.1) is 5.69 Å². The van der Waals surface area contributed by atoms with Crippen LogP contribution in [-0.4, -0.2) is 35.0 Å². The molecule has 2 heterocycles. The van der Waals surface area contributed by atoms with Crippen LogP contribution in [0.25, 0.3) is 5.65 Å². The third kappa shape index (κ3) is 4.00. The smallest absolute Gasteiger partial charge is 0.191 e. The Labute approximate surface area is 132 Å². The molecule has 5 heteroatoms. The van der Waals surface area contributed by atoms with Crippen molar-refractivity contribution in [2.45, 2.75) is 40.2 Å². The predicted molar refractivity (Wildman–Crippen MR) is 92.4 cm³/mol. The Morgan fingerprint density at radius 2 is 2.14 bits per heavy atom. The third-order valence-corrected chi connectivity index (χ3v) is 3.99. The minimum atomic E-state index is 0.393. The number of aryl methyl sites for hydroxylation is 1. The number of aliphatic imine (C=N–C) groups is 1. The molecule has 1 atom stereocenters. The molecule has 0 aliphatic carbocycles. The minimum absolute atomic E-state index is 0.393. The molecule has 1 unspecified atom stereocenters. The Bertz CT molecular complexity index is 642. The number of nitrogens with one attached hydrogen (secondary N) is 2. The van der Waals surface area contributed by atoms with E-state index in [2.05, 4.69) is 65.0 Å². The van der Waals surface area contributed by atoms with Crippen LogP contribution in [0.2, 0.25) is 0 Å². The predicted octanol–water partition coefficient (Wildman–Crippen LogP) is 2.39. The highest BCUT2D eigenvalue weighted by molar-refractivity contribution is 5.79. The van der Waals surface area contributed by atoms with Gasteiger partial charge in [0.2, 0.25) is 0 Å². The highest BCUT2D eigenvalue weighted by atomic mass is 15.2. The van der Waals surface area contributed by atoms with Crippen LogP contribution in [0.3, 0.4) is 0 Å². The SMILES string of the molecule is CN=C(NCCc1cn2cccc(C)c2n1)NC(C)C(C)C. The topological polar surface area (TPSA) is 53.7 Å².